The summed E-state index contributed by atoms with van der Waals surface area (Å²) >= 11 is 0. The Bertz CT molecular complexity index is 1650. The van der Waals surface area contributed by atoms with Crippen molar-refractivity contribution in [3.63, 3.8) is 0 Å². The van der Waals surface area contributed by atoms with E-state index in [2.05, 4.69) is 52.0 Å². The third-order valence-corrected chi connectivity index (χ3v) is 7.57. The number of ether oxygens (including phenoxy) is 1. The van der Waals surface area contributed by atoms with Crippen LogP contribution in [0.1, 0.15) is 47.0 Å². The second-order valence-electron chi connectivity index (χ2n) is 10.0. The fraction of sp³-hybridized carbons (Fsp3) is 0.267. The molecule has 5 aromatic rings. The quantitative estimate of drug-likeness (QED) is 0.335. The summed E-state index contributed by atoms with van der Waals surface area (Å²) in [6.45, 7) is 2.62. The monoisotopic (exact) mass is 504 g/mol. The number of carbonyl (C=O) groups excluding carboxylic acids is 1. The van der Waals surface area contributed by atoms with Crippen molar-refractivity contribution >= 4 is 17.2 Å². The molecule has 3 aromatic carbocycles. The number of hydrogen-bond donors (Lipinski definition) is 1. The highest BCUT2D eigenvalue weighted by molar-refractivity contribution is 5.95. The van der Waals surface area contributed by atoms with E-state index in [0.29, 0.717) is 11.3 Å². The van der Waals surface area contributed by atoms with E-state index in [1.807, 2.05) is 39.8 Å². The topological polar surface area (TPSA) is 86.9 Å². The Balaban J connectivity index is 1.33. The fourth-order valence-electron chi connectivity index (χ4n) is 5.55. The Kier molecular flexibility index (Phi) is 5.83. The maximum absolute atomic E-state index is 11.4. The van der Waals surface area contributed by atoms with Crippen molar-refractivity contribution in [2.75, 3.05) is 13.2 Å². The molecule has 0 radical (unpaired) electrons. The Morgan fingerprint density at radius 2 is 1.95 bits per heavy atom. The number of nitrogens with zero attached hydrogens (tertiary/aromatic N) is 5. The largest absolute Gasteiger partial charge is 0.356 e. The highest BCUT2D eigenvalue weighted by atomic mass is 16.5. The van der Waals surface area contributed by atoms with E-state index < -0.39 is 0 Å². The van der Waals surface area contributed by atoms with E-state index in [1.54, 1.807) is 0 Å². The van der Waals surface area contributed by atoms with Crippen molar-refractivity contribution < 1.29 is 9.53 Å². The van der Waals surface area contributed by atoms with Gasteiger partial charge in [-0.3, -0.25) is 4.79 Å². The van der Waals surface area contributed by atoms with Gasteiger partial charge in [-0.25, -0.2) is 9.36 Å². The van der Waals surface area contributed by atoms with Gasteiger partial charge in [-0.15, -0.1) is 5.10 Å². The fourth-order valence-corrected chi connectivity index (χ4v) is 5.55. The van der Waals surface area contributed by atoms with Crippen LogP contribution in [-0.2, 0) is 17.7 Å². The third-order valence-electron chi connectivity index (χ3n) is 7.57. The number of aromatic nitrogens is 5. The van der Waals surface area contributed by atoms with Crippen LogP contribution in [0.2, 0.25) is 0 Å². The zero-order valence-corrected chi connectivity index (χ0v) is 21.0. The van der Waals surface area contributed by atoms with Gasteiger partial charge in [0.25, 0.3) is 0 Å². The van der Waals surface area contributed by atoms with E-state index in [4.69, 9.17) is 9.84 Å². The summed E-state index contributed by atoms with van der Waals surface area (Å²) in [5.74, 6) is 0. The highest BCUT2D eigenvalue weighted by Gasteiger charge is 2.23. The van der Waals surface area contributed by atoms with E-state index in [0.717, 1.165) is 85.1 Å². The lowest BCUT2D eigenvalue weighted by Gasteiger charge is -2.23. The molecule has 4 heterocycles. The molecule has 0 spiro atoms. The summed E-state index contributed by atoms with van der Waals surface area (Å²) in [7, 11) is 0. The molecule has 38 heavy (non-hydrogen) atoms. The van der Waals surface area contributed by atoms with Crippen molar-refractivity contribution in [3.8, 4) is 28.2 Å². The standard InChI is InChI=1S/C30H28N6O2/c37-19-20-4-3-5-22(14-20)23-8-10-28-26(16-23)30(33-36(28)29-6-1-2-13-38-29)27-18-35(34-32-27)25-9-7-21-11-12-31-17-24(21)15-25/h3-5,7-10,14-16,18-19,29,31H,1-2,6,11-13,17H2. The molecule has 1 N–H and O–H groups in total. The number of carbonyl (C=O) groups is 1. The lowest BCUT2D eigenvalue weighted by Crippen LogP contribution is -2.23. The van der Waals surface area contributed by atoms with Gasteiger partial charge in [0.15, 0.2) is 6.23 Å². The second kappa shape index (κ2) is 9.63. The number of hydrogen-bond acceptors (Lipinski definition) is 6. The molecule has 2 aliphatic rings. The van der Waals surface area contributed by atoms with Crippen molar-refractivity contribution in [3.05, 3.63) is 83.6 Å². The molecule has 7 rings (SSSR count). The first-order valence-electron chi connectivity index (χ1n) is 13.2. The zero-order chi connectivity index (χ0) is 25.5. The predicted molar refractivity (Wildman–Crippen MR) is 145 cm³/mol. The summed E-state index contributed by atoms with van der Waals surface area (Å²) in [6.07, 6.45) is 6.88. The van der Waals surface area contributed by atoms with Crippen LogP contribution in [0.3, 0.4) is 0 Å². The van der Waals surface area contributed by atoms with Gasteiger partial charge in [-0.05, 0) is 84.8 Å². The number of rotatable bonds is 5. The summed E-state index contributed by atoms with van der Waals surface area (Å²) < 4.78 is 9.93. The van der Waals surface area contributed by atoms with Crippen LogP contribution in [0.4, 0.5) is 0 Å². The van der Waals surface area contributed by atoms with Crippen LogP contribution < -0.4 is 5.32 Å². The van der Waals surface area contributed by atoms with Gasteiger partial charge in [-0.1, -0.05) is 35.5 Å². The molecule has 1 fully saturated rings. The maximum Gasteiger partial charge on any atom is 0.150 e. The number of benzene rings is 3. The van der Waals surface area contributed by atoms with Gasteiger partial charge in [0.2, 0.25) is 0 Å². The van der Waals surface area contributed by atoms with E-state index in [9.17, 15) is 4.79 Å². The summed E-state index contributed by atoms with van der Waals surface area (Å²) in [5.41, 5.74) is 8.79. The van der Waals surface area contributed by atoms with Crippen LogP contribution >= 0.6 is 0 Å². The van der Waals surface area contributed by atoms with Crippen molar-refractivity contribution in [2.24, 2.45) is 0 Å². The average molecular weight is 505 g/mol. The molecule has 0 aliphatic carbocycles. The van der Waals surface area contributed by atoms with Crippen LogP contribution in [0.25, 0.3) is 39.1 Å². The molecule has 2 aliphatic heterocycles. The molecular weight excluding hydrogens is 476 g/mol. The molecule has 0 saturated carbocycles. The van der Waals surface area contributed by atoms with Crippen molar-refractivity contribution in [1.82, 2.24) is 30.1 Å². The first-order chi connectivity index (χ1) is 18.8. The summed E-state index contributed by atoms with van der Waals surface area (Å²) in [5, 5.41) is 18.5. The molecule has 1 atom stereocenters. The van der Waals surface area contributed by atoms with Crippen LogP contribution in [0.15, 0.2) is 66.9 Å². The first kappa shape index (κ1) is 23.0. The van der Waals surface area contributed by atoms with Gasteiger partial charge in [0.05, 0.1) is 17.4 Å². The molecule has 8 heteroatoms. The zero-order valence-electron chi connectivity index (χ0n) is 21.0. The second-order valence-corrected chi connectivity index (χ2v) is 10.0. The minimum atomic E-state index is -0.104. The predicted octanol–water partition coefficient (Wildman–Crippen LogP) is 5.11. The molecular formula is C30H28N6O2. The van der Waals surface area contributed by atoms with Gasteiger partial charge >= 0.3 is 0 Å². The molecule has 0 amide bonds. The number of fused-ring (bicyclic) bond motifs is 2. The average Bonchev–Trinajstić information content (AvgIpc) is 3.62. The van der Waals surface area contributed by atoms with Crippen molar-refractivity contribution in [2.45, 2.75) is 38.5 Å². The molecule has 0 bridgehead atoms. The van der Waals surface area contributed by atoms with Gasteiger partial charge in [-0.2, -0.15) is 5.10 Å². The SMILES string of the molecule is O=Cc1cccc(-c2ccc3c(c2)c(-c2cn(-c4ccc5c(c4)CNCC5)nn2)nn3C2CCCCO2)c1. The molecule has 190 valence electrons. The minimum Gasteiger partial charge on any atom is -0.356 e. The summed E-state index contributed by atoms with van der Waals surface area (Å²) in [4.78, 5) is 11.4. The van der Waals surface area contributed by atoms with Gasteiger partial charge in [0, 0.05) is 24.1 Å². The first-order valence-corrected chi connectivity index (χ1v) is 13.2. The lowest BCUT2D eigenvalue weighted by molar-refractivity contribution is -0.0365. The van der Waals surface area contributed by atoms with Gasteiger partial charge < -0.3 is 10.1 Å². The number of nitrogens with one attached hydrogen (secondary N) is 1. The van der Waals surface area contributed by atoms with Crippen LogP contribution in [-0.4, -0.2) is 44.2 Å². The highest BCUT2D eigenvalue weighted by Crippen LogP contribution is 2.35. The normalized spacial score (nSPS) is 17.4. The molecule has 8 nitrogen and oxygen atoms in total. The number of aldehydes is 1. The Morgan fingerprint density at radius 1 is 1.00 bits per heavy atom. The minimum absolute atomic E-state index is 0.104. The third kappa shape index (κ3) is 4.12. The molecule has 1 unspecified atom stereocenters. The Hall–Kier alpha value is -4.14. The van der Waals surface area contributed by atoms with E-state index in [1.165, 1.54) is 11.1 Å². The van der Waals surface area contributed by atoms with Crippen LogP contribution in [0.5, 0.6) is 0 Å². The molecule has 2 aromatic heterocycles. The Morgan fingerprint density at radius 3 is 2.84 bits per heavy atom. The van der Waals surface area contributed by atoms with Crippen molar-refractivity contribution in [1.29, 1.82) is 0 Å². The lowest BCUT2D eigenvalue weighted by atomic mass is 10.0. The smallest absolute Gasteiger partial charge is 0.150 e. The van der Waals surface area contributed by atoms with E-state index in [-0.39, 0.29) is 6.23 Å². The van der Waals surface area contributed by atoms with E-state index >= 15 is 0 Å². The summed E-state index contributed by atoms with van der Waals surface area (Å²) in [6, 6.07) is 20.4. The van der Waals surface area contributed by atoms with Crippen LogP contribution in [0, 0.1) is 0 Å². The van der Waals surface area contributed by atoms with Gasteiger partial charge in [0.1, 0.15) is 17.7 Å². The molecule has 1 saturated heterocycles. The Labute approximate surface area is 220 Å². The maximum atomic E-state index is 11.4.